The zero-order valence-corrected chi connectivity index (χ0v) is 8.06. The maximum Gasteiger partial charge on any atom is 0.117 e. The van der Waals surface area contributed by atoms with Crippen LogP contribution in [-0.2, 0) is 6.54 Å². The molecule has 0 aliphatic rings. The number of rotatable bonds is 2. The van der Waals surface area contributed by atoms with Crippen LogP contribution in [0.25, 0.3) is 10.2 Å². The van der Waals surface area contributed by atoms with Crippen molar-refractivity contribution in [2.75, 3.05) is 7.05 Å². The molecular weight excluding hydrogens is 184 g/mol. The van der Waals surface area contributed by atoms with E-state index in [4.69, 9.17) is 0 Å². The van der Waals surface area contributed by atoms with Gasteiger partial charge in [-0.3, -0.25) is 0 Å². The number of phenolic OH excluding ortho intramolecular Hbond substituents is 1. The van der Waals surface area contributed by atoms with E-state index in [1.54, 1.807) is 23.5 Å². The second-order valence-corrected chi connectivity index (χ2v) is 3.91. The molecule has 0 saturated carbocycles. The predicted octanol–water partition coefficient (Wildman–Crippen LogP) is 1.72. The summed E-state index contributed by atoms with van der Waals surface area (Å²) in [6, 6.07) is 5.23. The molecule has 13 heavy (non-hydrogen) atoms. The molecular formula is C9H10N2OS. The Morgan fingerprint density at radius 3 is 3.15 bits per heavy atom. The first-order valence-corrected chi connectivity index (χ1v) is 4.84. The first kappa shape index (κ1) is 8.47. The van der Waals surface area contributed by atoms with Crippen molar-refractivity contribution in [3.05, 3.63) is 23.2 Å². The van der Waals surface area contributed by atoms with Gasteiger partial charge in [0, 0.05) is 6.54 Å². The van der Waals surface area contributed by atoms with Crippen molar-refractivity contribution < 1.29 is 5.11 Å². The summed E-state index contributed by atoms with van der Waals surface area (Å²) in [6.45, 7) is 0.778. The van der Waals surface area contributed by atoms with Gasteiger partial charge < -0.3 is 10.4 Å². The van der Waals surface area contributed by atoms with Gasteiger partial charge in [-0.15, -0.1) is 11.3 Å². The third-order valence-corrected chi connectivity index (χ3v) is 2.76. The van der Waals surface area contributed by atoms with E-state index < -0.39 is 0 Å². The Balaban J connectivity index is 2.49. The van der Waals surface area contributed by atoms with Gasteiger partial charge in [0.05, 0.1) is 10.2 Å². The van der Waals surface area contributed by atoms with E-state index in [1.807, 2.05) is 13.1 Å². The summed E-state index contributed by atoms with van der Waals surface area (Å²) in [7, 11) is 1.89. The molecule has 0 radical (unpaired) electrons. The molecule has 2 rings (SSSR count). The van der Waals surface area contributed by atoms with E-state index in [-0.39, 0.29) is 0 Å². The van der Waals surface area contributed by atoms with Crippen molar-refractivity contribution in [1.82, 2.24) is 10.3 Å². The smallest absolute Gasteiger partial charge is 0.117 e. The fourth-order valence-electron chi connectivity index (χ4n) is 1.19. The van der Waals surface area contributed by atoms with Crippen molar-refractivity contribution in [3.63, 3.8) is 0 Å². The Morgan fingerprint density at radius 1 is 1.54 bits per heavy atom. The molecule has 1 aromatic heterocycles. The highest BCUT2D eigenvalue weighted by Crippen LogP contribution is 2.25. The summed E-state index contributed by atoms with van der Waals surface area (Å²) in [5, 5.41) is 13.3. The number of nitrogens with zero attached hydrogens (tertiary/aromatic N) is 1. The monoisotopic (exact) mass is 194 g/mol. The van der Waals surface area contributed by atoms with Crippen LogP contribution in [0.4, 0.5) is 0 Å². The maximum absolute atomic E-state index is 9.23. The summed E-state index contributed by atoms with van der Waals surface area (Å²) in [5.41, 5.74) is 0.952. The summed E-state index contributed by atoms with van der Waals surface area (Å²) in [6.07, 6.45) is 0. The van der Waals surface area contributed by atoms with E-state index in [0.29, 0.717) is 5.75 Å². The molecule has 1 heterocycles. The Kier molecular flexibility index (Phi) is 2.16. The molecule has 0 aliphatic carbocycles. The van der Waals surface area contributed by atoms with Gasteiger partial charge in [0.1, 0.15) is 10.8 Å². The Morgan fingerprint density at radius 2 is 2.38 bits per heavy atom. The molecule has 2 N–H and O–H groups in total. The van der Waals surface area contributed by atoms with Crippen LogP contribution in [-0.4, -0.2) is 17.1 Å². The number of benzene rings is 1. The van der Waals surface area contributed by atoms with Gasteiger partial charge in [0.25, 0.3) is 0 Å². The number of hydrogen-bond donors (Lipinski definition) is 2. The molecule has 0 bridgehead atoms. The fraction of sp³-hybridized carbons (Fsp3) is 0.222. The lowest BCUT2D eigenvalue weighted by Gasteiger charge is -1.88. The van der Waals surface area contributed by atoms with Gasteiger partial charge in [-0.1, -0.05) is 0 Å². The second kappa shape index (κ2) is 3.32. The molecule has 0 spiro atoms. The summed E-state index contributed by atoms with van der Waals surface area (Å²) >= 11 is 1.60. The van der Waals surface area contributed by atoms with E-state index in [2.05, 4.69) is 10.3 Å². The van der Waals surface area contributed by atoms with E-state index in [9.17, 15) is 5.11 Å². The molecule has 0 saturated heterocycles. The van der Waals surface area contributed by atoms with Crippen LogP contribution < -0.4 is 5.32 Å². The SMILES string of the molecule is CNCc1nc2ccc(O)cc2s1. The number of aromatic hydroxyl groups is 1. The van der Waals surface area contributed by atoms with E-state index in [1.165, 1.54) is 0 Å². The van der Waals surface area contributed by atoms with Crippen molar-refractivity contribution in [3.8, 4) is 5.75 Å². The van der Waals surface area contributed by atoms with Crippen molar-refractivity contribution in [2.24, 2.45) is 0 Å². The van der Waals surface area contributed by atoms with Crippen LogP contribution in [0.3, 0.4) is 0 Å². The minimum Gasteiger partial charge on any atom is -0.508 e. The normalized spacial score (nSPS) is 10.8. The lowest BCUT2D eigenvalue weighted by Crippen LogP contribution is -2.03. The molecule has 68 valence electrons. The molecule has 3 nitrogen and oxygen atoms in total. The Labute approximate surface area is 80.0 Å². The summed E-state index contributed by atoms with van der Waals surface area (Å²) in [5.74, 6) is 0.298. The molecule has 0 unspecified atom stereocenters. The lowest BCUT2D eigenvalue weighted by molar-refractivity contribution is 0.476. The molecule has 0 atom stereocenters. The van der Waals surface area contributed by atoms with Crippen LogP contribution in [0.5, 0.6) is 5.75 Å². The average Bonchev–Trinajstić information content (AvgIpc) is 2.46. The Hall–Kier alpha value is -1.13. The van der Waals surface area contributed by atoms with Crippen molar-refractivity contribution >= 4 is 21.6 Å². The van der Waals surface area contributed by atoms with Crippen LogP contribution in [0, 0.1) is 0 Å². The quantitative estimate of drug-likeness (QED) is 0.765. The van der Waals surface area contributed by atoms with Gasteiger partial charge in [0.2, 0.25) is 0 Å². The van der Waals surface area contributed by atoms with Crippen LogP contribution in [0.2, 0.25) is 0 Å². The van der Waals surface area contributed by atoms with Crippen LogP contribution in [0.1, 0.15) is 5.01 Å². The average molecular weight is 194 g/mol. The fourth-order valence-corrected chi connectivity index (χ4v) is 2.20. The minimum absolute atomic E-state index is 0.298. The number of nitrogens with one attached hydrogen (secondary N) is 1. The van der Waals surface area contributed by atoms with Crippen molar-refractivity contribution in [1.29, 1.82) is 0 Å². The van der Waals surface area contributed by atoms with Gasteiger partial charge in [0.15, 0.2) is 0 Å². The third kappa shape index (κ3) is 1.64. The molecule has 0 aliphatic heterocycles. The van der Waals surface area contributed by atoms with Crippen LogP contribution >= 0.6 is 11.3 Å². The third-order valence-electron chi connectivity index (χ3n) is 1.74. The first-order valence-electron chi connectivity index (χ1n) is 4.02. The number of thiazole rings is 1. The number of aromatic nitrogens is 1. The van der Waals surface area contributed by atoms with E-state index >= 15 is 0 Å². The molecule has 1 aromatic carbocycles. The van der Waals surface area contributed by atoms with Crippen molar-refractivity contribution in [2.45, 2.75) is 6.54 Å². The largest absolute Gasteiger partial charge is 0.508 e. The van der Waals surface area contributed by atoms with Crippen LogP contribution in [0.15, 0.2) is 18.2 Å². The summed E-state index contributed by atoms with van der Waals surface area (Å²) < 4.78 is 1.03. The van der Waals surface area contributed by atoms with E-state index in [0.717, 1.165) is 21.8 Å². The molecule has 4 heteroatoms. The molecule has 0 amide bonds. The standard InChI is InChI=1S/C9H10N2OS/c1-10-5-9-11-7-3-2-6(12)4-8(7)13-9/h2-4,10,12H,5H2,1H3. The summed E-state index contributed by atoms with van der Waals surface area (Å²) in [4.78, 5) is 4.39. The number of fused-ring (bicyclic) bond motifs is 1. The lowest BCUT2D eigenvalue weighted by atomic mass is 10.3. The highest BCUT2D eigenvalue weighted by molar-refractivity contribution is 7.18. The highest BCUT2D eigenvalue weighted by atomic mass is 32.1. The maximum atomic E-state index is 9.23. The minimum atomic E-state index is 0.298. The predicted molar refractivity (Wildman–Crippen MR) is 54.0 cm³/mol. The van der Waals surface area contributed by atoms with Gasteiger partial charge in [-0.2, -0.15) is 0 Å². The topological polar surface area (TPSA) is 45.2 Å². The zero-order chi connectivity index (χ0) is 9.26. The zero-order valence-electron chi connectivity index (χ0n) is 7.24. The number of hydrogen-bond acceptors (Lipinski definition) is 4. The highest BCUT2D eigenvalue weighted by Gasteiger charge is 2.02. The molecule has 0 fully saturated rings. The second-order valence-electron chi connectivity index (χ2n) is 2.79. The Bertz CT molecular complexity index is 424. The number of phenols is 1. The van der Waals surface area contributed by atoms with Gasteiger partial charge in [-0.25, -0.2) is 4.98 Å². The first-order chi connectivity index (χ1) is 6.29. The van der Waals surface area contributed by atoms with Gasteiger partial charge in [-0.05, 0) is 25.2 Å². The van der Waals surface area contributed by atoms with Gasteiger partial charge >= 0.3 is 0 Å². The molecule has 2 aromatic rings.